The highest BCUT2D eigenvalue weighted by molar-refractivity contribution is 6.99. The van der Waals surface area contributed by atoms with Gasteiger partial charge in [-0.1, -0.05) is 81.4 Å². The standard InChI is InChI=1S/C28H32F2N2O3Si/c1-28(2,3)36(23-10-6-4-7-11-23,24-12-8-5-9-13-24)35-20-21-14-16-31(17-15-21)27-25(29)18-22(32(33)34)19-26(27)30/h4-13,18-19,21H,14-17,20H2,1-3H3. The number of nitro groups is 1. The van der Waals surface area contributed by atoms with E-state index in [2.05, 4.69) is 69.3 Å². The molecule has 1 aliphatic rings. The number of piperidine rings is 1. The zero-order valence-corrected chi connectivity index (χ0v) is 21.9. The lowest BCUT2D eigenvalue weighted by molar-refractivity contribution is -0.385. The second kappa shape index (κ2) is 10.5. The van der Waals surface area contributed by atoms with Crippen LogP contribution in [0.4, 0.5) is 20.2 Å². The van der Waals surface area contributed by atoms with Gasteiger partial charge in [-0.05, 0) is 34.2 Å². The number of nitrogens with zero attached hydrogens (tertiary/aromatic N) is 2. The maximum absolute atomic E-state index is 14.6. The third-order valence-electron chi connectivity index (χ3n) is 7.10. The van der Waals surface area contributed by atoms with E-state index in [0.717, 1.165) is 12.1 Å². The van der Waals surface area contributed by atoms with Crippen LogP contribution in [0.15, 0.2) is 72.8 Å². The molecule has 5 nitrogen and oxygen atoms in total. The number of hydrogen-bond donors (Lipinski definition) is 0. The number of benzene rings is 3. The molecule has 0 aromatic heterocycles. The van der Waals surface area contributed by atoms with E-state index in [1.54, 1.807) is 4.90 Å². The molecular formula is C28H32F2N2O3Si. The Morgan fingerprint density at radius 3 is 1.83 bits per heavy atom. The summed E-state index contributed by atoms with van der Waals surface area (Å²) >= 11 is 0. The molecule has 1 aliphatic heterocycles. The van der Waals surface area contributed by atoms with Crippen molar-refractivity contribution >= 4 is 30.1 Å². The van der Waals surface area contributed by atoms with E-state index >= 15 is 0 Å². The van der Waals surface area contributed by atoms with Gasteiger partial charge >= 0.3 is 0 Å². The van der Waals surface area contributed by atoms with Crippen molar-refractivity contribution in [1.82, 2.24) is 0 Å². The minimum absolute atomic E-state index is 0.124. The van der Waals surface area contributed by atoms with Crippen LogP contribution in [0.25, 0.3) is 0 Å². The average molecular weight is 511 g/mol. The van der Waals surface area contributed by atoms with Gasteiger partial charge in [0.05, 0.1) is 17.1 Å². The molecule has 0 spiro atoms. The van der Waals surface area contributed by atoms with E-state index < -0.39 is 30.6 Å². The van der Waals surface area contributed by atoms with Crippen molar-refractivity contribution < 1.29 is 18.1 Å². The molecule has 0 aliphatic carbocycles. The van der Waals surface area contributed by atoms with Crippen molar-refractivity contribution in [3.63, 3.8) is 0 Å². The molecule has 0 atom stereocenters. The predicted octanol–water partition coefficient (Wildman–Crippen LogP) is 5.67. The molecule has 1 fully saturated rings. The van der Waals surface area contributed by atoms with Gasteiger partial charge in [-0.25, -0.2) is 8.78 Å². The van der Waals surface area contributed by atoms with Crippen LogP contribution >= 0.6 is 0 Å². The number of rotatable bonds is 7. The first-order chi connectivity index (χ1) is 17.1. The Labute approximate surface area is 212 Å². The van der Waals surface area contributed by atoms with Crippen LogP contribution in [0.3, 0.4) is 0 Å². The molecule has 0 amide bonds. The molecule has 0 radical (unpaired) electrons. The molecule has 0 bridgehead atoms. The second-order valence-corrected chi connectivity index (χ2v) is 14.7. The van der Waals surface area contributed by atoms with E-state index in [1.807, 2.05) is 12.1 Å². The summed E-state index contributed by atoms with van der Waals surface area (Å²) in [6.07, 6.45) is 1.43. The van der Waals surface area contributed by atoms with E-state index in [0.29, 0.717) is 32.5 Å². The Bertz CT molecular complexity index is 1130. The summed E-state index contributed by atoms with van der Waals surface area (Å²) in [4.78, 5) is 11.8. The Hall–Kier alpha value is -3.10. The lowest BCUT2D eigenvalue weighted by atomic mass is 9.97. The first-order valence-electron chi connectivity index (χ1n) is 12.3. The van der Waals surface area contributed by atoms with Gasteiger partial charge in [-0.3, -0.25) is 10.1 Å². The number of non-ortho nitro benzene ring substituents is 1. The molecule has 0 saturated carbocycles. The fourth-order valence-electron chi connectivity index (χ4n) is 5.29. The maximum atomic E-state index is 14.6. The SMILES string of the molecule is CC(C)(C)[Si](OCC1CCN(c2c(F)cc([N+](=O)[O-])cc2F)CC1)(c1ccccc1)c1ccccc1. The smallest absolute Gasteiger partial charge is 0.275 e. The first kappa shape index (κ1) is 26.0. The molecule has 8 heteroatoms. The highest BCUT2D eigenvalue weighted by atomic mass is 28.4. The van der Waals surface area contributed by atoms with Gasteiger partial charge < -0.3 is 9.33 Å². The Kier molecular flexibility index (Phi) is 7.56. The lowest BCUT2D eigenvalue weighted by Crippen LogP contribution is -2.67. The molecular weight excluding hydrogens is 478 g/mol. The summed E-state index contributed by atoms with van der Waals surface area (Å²) in [5.74, 6) is -1.56. The van der Waals surface area contributed by atoms with Crippen molar-refractivity contribution in [1.29, 1.82) is 0 Å². The average Bonchev–Trinajstić information content (AvgIpc) is 2.85. The van der Waals surface area contributed by atoms with Crippen LogP contribution in [0.2, 0.25) is 5.04 Å². The number of hydrogen-bond acceptors (Lipinski definition) is 4. The van der Waals surface area contributed by atoms with Gasteiger partial charge in [0.1, 0.15) is 5.69 Å². The van der Waals surface area contributed by atoms with Crippen LogP contribution in [0.1, 0.15) is 33.6 Å². The largest absolute Gasteiger partial charge is 0.407 e. The summed E-state index contributed by atoms with van der Waals surface area (Å²) in [6.45, 7) is 8.19. The van der Waals surface area contributed by atoms with Crippen molar-refractivity contribution in [2.24, 2.45) is 5.92 Å². The Balaban J connectivity index is 1.53. The van der Waals surface area contributed by atoms with E-state index in [1.165, 1.54) is 10.4 Å². The monoisotopic (exact) mass is 510 g/mol. The number of halogens is 2. The molecule has 4 rings (SSSR count). The van der Waals surface area contributed by atoms with Crippen LogP contribution < -0.4 is 15.3 Å². The van der Waals surface area contributed by atoms with Crippen LogP contribution in [-0.2, 0) is 4.43 Å². The summed E-state index contributed by atoms with van der Waals surface area (Å²) < 4.78 is 36.2. The highest BCUT2D eigenvalue weighted by Crippen LogP contribution is 2.38. The van der Waals surface area contributed by atoms with Crippen LogP contribution in [-0.4, -0.2) is 32.9 Å². The summed E-state index contributed by atoms with van der Waals surface area (Å²) in [5.41, 5.74) is -0.769. The van der Waals surface area contributed by atoms with E-state index in [9.17, 15) is 18.9 Å². The summed E-state index contributed by atoms with van der Waals surface area (Å²) in [5, 5.41) is 13.2. The van der Waals surface area contributed by atoms with Crippen LogP contribution in [0.5, 0.6) is 0 Å². The molecule has 0 unspecified atom stereocenters. The fraction of sp³-hybridized carbons (Fsp3) is 0.357. The number of nitro benzene ring substituents is 1. The minimum Gasteiger partial charge on any atom is -0.407 e. The first-order valence-corrected chi connectivity index (χ1v) is 14.2. The minimum atomic E-state index is -2.65. The third kappa shape index (κ3) is 5.06. The molecule has 190 valence electrons. The van der Waals surface area contributed by atoms with Crippen molar-refractivity contribution in [3.05, 3.63) is 94.5 Å². The lowest BCUT2D eigenvalue weighted by Gasteiger charge is -2.44. The van der Waals surface area contributed by atoms with Crippen molar-refractivity contribution in [3.8, 4) is 0 Å². The van der Waals surface area contributed by atoms with Gasteiger partial charge in [0.25, 0.3) is 14.0 Å². The molecule has 0 N–H and O–H groups in total. The summed E-state index contributed by atoms with van der Waals surface area (Å²) in [7, 11) is -2.65. The summed E-state index contributed by atoms with van der Waals surface area (Å²) in [6, 6.07) is 22.5. The van der Waals surface area contributed by atoms with Gasteiger partial charge in [0.2, 0.25) is 0 Å². The van der Waals surface area contributed by atoms with Crippen molar-refractivity contribution in [2.45, 2.75) is 38.7 Å². The Morgan fingerprint density at radius 1 is 0.944 bits per heavy atom. The molecule has 1 saturated heterocycles. The highest BCUT2D eigenvalue weighted by Gasteiger charge is 2.50. The quantitative estimate of drug-likeness (QED) is 0.234. The predicted molar refractivity (Wildman–Crippen MR) is 142 cm³/mol. The maximum Gasteiger partial charge on any atom is 0.275 e. The van der Waals surface area contributed by atoms with Gasteiger partial charge in [0.15, 0.2) is 11.6 Å². The molecule has 3 aromatic rings. The van der Waals surface area contributed by atoms with E-state index in [-0.39, 0.29) is 16.6 Å². The zero-order valence-electron chi connectivity index (χ0n) is 20.9. The zero-order chi connectivity index (χ0) is 25.9. The second-order valence-electron chi connectivity index (χ2n) is 10.4. The van der Waals surface area contributed by atoms with Gasteiger partial charge in [-0.2, -0.15) is 0 Å². The Morgan fingerprint density at radius 2 is 1.42 bits per heavy atom. The molecule has 36 heavy (non-hydrogen) atoms. The fourth-order valence-corrected chi connectivity index (χ4v) is 9.93. The van der Waals surface area contributed by atoms with Gasteiger partial charge in [0, 0.05) is 19.7 Å². The third-order valence-corrected chi connectivity index (χ3v) is 12.1. The van der Waals surface area contributed by atoms with E-state index in [4.69, 9.17) is 4.43 Å². The molecule has 3 aromatic carbocycles. The topological polar surface area (TPSA) is 55.6 Å². The normalized spacial score (nSPS) is 15.2. The van der Waals surface area contributed by atoms with Gasteiger partial charge in [-0.15, -0.1) is 0 Å². The van der Waals surface area contributed by atoms with Crippen LogP contribution in [0, 0.1) is 27.7 Å². The molecule has 1 heterocycles. The number of anilines is 1. The van der Waals surface area contributed by atoms with Crippen molar-refractivity contribution in [2.75, 3.05) is 24.6 Å².